The smallest absolute Gasteiger partial charge is 0.290 e. The molecule has 0 aliphatic carbocycles. The molecule has 4 nitrogen and oxygen atoms in total. The van der Waals surface area contributed by atoms with E-state index in [0.717, 1.165) is 31.4 Å². The Balaban J connectivity index is 2.23. The van der Waals surface area contributed by atoms with E-state index in [1.807, 2.05) is 24.8 Å². The van der Waals surface area contributed by atoms with Crippen LogP contribution in [0.15, 0.2) is 15.2 Å². The summed E-state index contributed by atoms with van der Waals surface area (Å²) in [6.45, 7) is 4.61. The highest BCUT2D eigenvalue weighted by Gasteiger charge is 2.32. The molecule has 1 fully saturated rings. The number of furan rings is 1. The third-order valence-corrected chi connectivity index (χ3v) is 3.89. The van der Waals surface area contributed by atoms with Crippen molar-refractivity contribution < 1.29 is 9.21 Å². The van der Waals surface area contributed by atoms with E-state index in [9.17, 15) is 4.79 Å². The van der Waals surface area contributed by atoms with Gasteiger partial charge >= 0.3 is 0 Å². The zero-order valence-corrected chi connectivity index (χ0v) is 12.4. The van der Waals surface area contributed by atoms with E-state index in [-0.39, 0.29) is 18.0 Å². The second-order valence-electron chi connectivity index (χ2n) is 4.98. The number of nitrogens with two attached hydrogens (primary N) is 1. The first-order valence-corrected chi connectivity index (χ1v) is 7.12. The molecule has 2 atom stereocenters. The Morgan fingerprint density at radius 1 is 1.61 bits per heavy atom. The van der Waals surface area contributed by atoms with Crippen LogP contribution in [-0.2, 0) is 0 Å². The van der Waals surface area contributed by atoms with Crippen molar-refractivity contribution >= 4 is 21.8 Å². The first kappa shape index (κ1) is 13.6. The molecule has 5 heteroatoms. The van der Waals surface area contributed by atoms with Gasteiger partial charge in [0, 0.05) is 24.2 Å². The maximum atomic E-state index is 12.5. The molecule has 1 aliphatic rings. The van der Waals surface area contributed by atoms with Gasteiger partial charge in [-0.1, -0.05) is 0 Å². The van der Waals surface area contributed by atoms with Crippen LogP contribution in [0, 0.1) is 6.92 Å². The average Bonchev–Trinajstić information content (AvgIpc) is 2.67. The Hall–Kier alpha value is -0.810. The van der Waals surface area contributed by atoms with Gasteiger partial charge in [-0.3, -0.25) is 4.79 Å². The first-order valence-electron chi connectivity index (χ1n) is 6.33. The predicted octanol–water partition coefficient (Wildman–Crippen LogP) is 2.69. The lowest BCUT2D eigenvalue weighted by Crippen LogP contribution is -2.51. The molecule has 0 saturated carbocycles. The molecule has 1 aliphatic heterocycles. The molecule has 1 aromatic rings. The molecule has 100 valence electrons. The molecule has 2 heterocycles. The summed E-state index contributed by atoms with van der Waals surface area (Å²) in [4.78, 5) is 14.4. The van der Waals surface area contributed by atoms with E-state index in [1.165, 1.54) is 0 Å². The van der Waals surface area contributed by atoms with Gasteiger partial charge in [-0.2, -0.15) is 0 Å². The fraction of sp³-hybridized carbons (Fsp3) is 0.615. The van der Waals surface area contributed by atoms with Crippen molar-refractivity contribution in [1.82, 2.24) is 4.90 Å². The minimum absolute atomic E-state index is 0.00652. The lowest BCUT2D eigenvalue weighted by Gasteiger charge is -2.37. The number of carbonyl (C=O) groups is 1. The number of likely N-dealkylation sites (tertiary alicyclic amines) is 1. The van der Waals surface area contributed by atoms with Gasteiger partial charge in [0.05, 0.1) is 0 Å². The van der Waals surface area contributed by atoms with E-state index < -0.39 is 0 Å². The van der Waals surface area contributed by atoms with Crippen LogP contribution < -0.4 is 5.73 Å². The Kier molecular flexibility index (Phi) is 4.12. The van der Waals surface area contributed by atoms with Crippen LogP contribution in [0.25, 0.3) is 0 Å². The Morgan fingerprint density at radius 2 is 2.33 bits per heavy atom. The van der Waals surface area contributed by atoms with Crippen molar-refractivity contribution in [3.05, 3.63) is 22.1 Å². The van der Waals surface area contributed by atoms with Gasteiger partial charge in [0.2, 0.25) is 0 Å². The van der Waals surface area contributed by atoms with Crippen LogP contribution >= 0.6 is 15.9 Å². The summed E-state index contributed by atoms with van der Waals surface area (Å²) in [6.07, 6.45) is 3.15. The normalized spacial score (nSPS) is 22.0. The molecule has 2 N–H and O–H groups in total. The lowest BCUT2D eigenvalue weighted by atomic mass is 9.96. The zero-order valence-electron chi connectivity index (χ0n) is 10.8. The summed E-state index contributed by atoms with van der Waals surface area (Å²) in [6, 6.07) is 1.93. The maximum absolute atomic E-state index is 12.5. The standard InChI is InChI=1S/C13H19BrN2O2/c1-8-7-11(14)18-12(8)13(17)16-6-4-3-5-10(16)9(2)15/h7,9-10H,3-6,15H2,1-2H3/t9-,10+/m0/s1. The summed E-state index contributed by atoms with van der Waals surface area (Å²) in [7, 11) is 0. The number of halogens is 1. The number of nitrogens with zero attached hydrogens (tertiary/aromatic N) is 1. The number of hydrogen-bond acceptors (Lipinski definition) is 3. The molecule has 0 unspecified atom stereocenters. The number of carbonyl (C=O) groups excluding carboxylic acids is 1. The second-order valence-corrected chi connectivity index (χ2v) is 5.77. The summed E-state index contributed by atoms with van der Waals surface area (Å²) in [5.41, 5.74) is 6.84. The molecule has 0 aromatic carbocycles. The van der Waals surface area contributed by atoms with Crippen LogP contribution in [0.1, 0.15) is 42.3 Å². The van der Waals surface area contributed by atoms with Gasteiger partial charge < -0.3 is 15.1 Å². The van der Waals surface area contributed by atoms with E-state index in [1.54, 1.807) is 0 Å². The molecule has 0 bridgehead atoms. The van der Waals surface area contributed by atoms with E-state index >= 15 is 0 Å². The molecule has 1 aromatic heterocycles. The lowest BCUT2D eigenvalue weighted by molar-refractivity contribution is 0.0549. The largest absolute Gasteiger partial charge is 0.444 e. The Labute approximate surface area is 116 Å². The maximum Gasteiger partial charge on any atom is 0.290 e. The molecule has 1 amide bonds. The van der Waals surface area contributed by atoms with Crippen LogP contribution in [0.2, 0.25) is 0 Å². The van der Waals surface area contributed by atoms with Crippen LogP contribution in [0.4, 0.5) is 0 Å². The minimum Gasteiger partial charge on any atom is -0.444 e. The van der Waals surface area contributed by atoms with Crippen LogP contribution in [-0.4, -0.2) is 29.4 Å². The SMILES string of the molecule is Cc1cc(Br)oc1C(=O)N1CCCC[C@@H]1[C@H](C)N. The molecular weight excluding hydrogens is 296 g/mol. The first-order chi connectivity index (χ1) is 8.50. The third kappa shape index (κ3) is 2.62. The topological polar surface area (TPSA) is 59.5 Å². The molecule has 0 spiro atoms. The number of hydrogen-bond donors (Lipinski definition) is 1. The predicted molar refractivity (Wildman–Crippen MR) is 73.5 cm³/mol. The summed E-state index contributed by atoms with van der Waals surface area (Å²) in [5.74, 6) is 0.384. The molecular formula is C13H19BrN2O2. The molecule has 2 rings (SSSR count). The Bertz CT molecular complexity index is 442. The van der Waals surface area contributed by atoms with Crippen LogP contribution in [0.5, 0.6) is 0 Å². The zero-order chi connectivity index (χ0) is 13.3. The minimum atomic E-state index is -0.0415. The van der Waals surface area contributed by atoms with Gasteiger partial charge in [0.15, 0.2) is 10.4 Å². The average molecular weight is 315 g/mol. The molecule has 0 radical (unpaired) electrons. The van der Waals surface area contributed by atoms with Gasteiger partial charge in [0.25, 0.3) is 5.91 Å². The monoisotopic (exact) mass is 314 g/mol. The second kappa shape index (κ2) is 5.45. The number of rotatable bonds is 2. The van der Waals surface area contributed by atoms with E-state index in [2.05, 4.69) is 15.9 Å². The number of amides is 1. The highest BCUT2D eigenvalue weighted by atomic mass is 79.9. The quantitative estimate of drug-likeness (QED) is 0.913. The van der Waals surface area contributed by atoms with Gasteiger partial charge in [0.1, 0.15) is 0 Å². The molecule has 18 heavy (non-hydrogen) atoms. The van der Waals surface area contributed by atoms with E-state index in [0.29, 0.717) is 10.4 Å². The van der Waals surface area contributed by atoms with Crippen molar-refractivity contribution in [1.29, 1.82) is 0 Å². The van der Waals surface area contributed by atoms with Gasteiger partial charge in [-0.05, 0) is 55.1 Å². The van der Waals surface area contributed by atoms with Crippen molar-refractivity contribution in [3.8, 4) is 0 Å². The fourth-order valence-corrected chi connectivity index (χ4v) is 3.05. The van der Waals surface area contributed by atoms with Crippen molar-refractivity contribution in [2.24, 2.45) is 5.73 Å². The Morgan fingerprint density at radius 3 is 2.89 bits per heavy atom. The third-order valence-electron chi connectivity index (χ3n) is 3.50. The molecule has 1 saturated heterocycles. The highest BCUT2D eigenvalue weighted by molar-refractivity contribution is 9.10. The van der Waals surface area contributed by atoms with E-state index in [4.69, 9.17) is 10.2 Å². The summed E-state index contributed by atoms with van der Waals surface area (Å²) < 4.78 is 6.04. The van der Waals surface area contributed by atoms with Gasteiger partial charge in [-0.25, -0.2) is 0 Å². The summed E-state index contributed by atoms with van der Waals surface area (Å²) >= 11 is 3.26. The number of piperidine rings is 1. The fourth-order valence-electron chi connectivity index (χ4n) is 2.54. The highest BCUT2D eigenvalue weighted by Crippen LogP contribution is 2.25. The van der Waals surface area contributed by atoms with Crippen molar-refractivity contribution in [2.75, 3.05) is 6.54 Å². The number of aryl methyl sites for hydroxylation is 1. The van der Waals surface area contributed by atoms with Crippen LogP contribution in [0.3, 0.4) is 0 Å². The van der Waals surface area contributed by atoms with Crippen molar-refractivity contribution in [2.45, 2.75) is 45.2 Å². The van der Waals surface area contributed by atoms with Crippen molar-refractivity contribution in [3.63, 3.8) is 0 Å². The summed E-state index contributed by atoms with van der Waals surface area (Å²) in [5, 5.41) is 0. The van der Waals surface area contributed by atoms with Gasteiger partial charge in [-0.15, -0.1) is 0 Å².